The van der Waals surface area contributed by atoms with Crippen molar-refractivity contribution in [2.24, 2.45) is 11.8 Å². The van der Waals surface area contributed by atoms with Gasteiger partial charge in [-0.3, -0.25) is 4.98 Å². The monoisotopic (exact) mass is 232 g/mol. The molecule has 1 heterocycles. The Labute approximate surface area is 102 Å². The molecule has 0 saturated heterocycles. The van der Waals surface area contributed by atoms with Crippen LogP contribution >= 0.6 is 0 Å². The van der Waals surface area contributed by atoms with Gasteiger partial charge in [-0.1, -0.05) is 0 Å². The molecule has 0 aromatic carbocycles. The highest BCUT2D eigenvalue weighted by atomic mass is 16.3. The number of anilines is 1. The number of rotatable bonds is 2. The zero-order valence-electron chi connectivity index (χ0n) is 10.1. The molecule has 0 bridgehead atoms. The summed E-state index contributed by atoms with van der Waals surface area (Å²) in [6.45, 7) is 0. The van der Waals surface area contributed by atoms with Crippen LogP contribution in [0.4, 0.5) is 5.69 Å². The molecule has 3 rings (SSSR count). The molecular formula is C14H20N2O. The summed E-state index contributed by atoms with van der Waals surface area (Å²) in [5, 5.41) is 10.9. The maximum atomic E-state index is 10.9. The van der Waals surface area contributed by atoms with Crippen molar-refractivity contribution < 1.29 is 5.11 Å². The van der Waals surface area contributed by atoms with E-state index in [0.29, 0.717) is 11.6 Å². The van der Waals surface area contributed by atoms with Crippen molar-refractivity contribution in [1.29, 1.82) is 0 Å². The normalized spacial score (nSPS) is 33.6. The van der Waals surface area contributed by atoms with Crippen molar-refractivity contribution in [2.75, 3.05) is 5.73 Å². The van der Waals surface area contributed by atoms with E-state index in [1.54, 1.807) is 18.5 Å². The van der Waals surface area contributed by atoms with E-state index in [4.69, 9.17) is 5.73 Å². The van der Waals surface area contributed by atoms with Gasteiger partial charge >= 0.3 is 0 Å². The second-order valence-corrected chi connectivity index (χ2v) is 5.69. The lowest BCUT2D eigenvalue weighted by Crippen LogP contribution is -2.34. The Hall–Kier alpha value is -1.09. The molecule has 2 unspecified atom stereocenters. The SMILES string of the molecule is Nc1ccncc1C1(O)CCCC(C2CC2)C1. The first-order chi connectivity index (χ1) is 8.19. The van der Waals surface area contributed by atoms with Gasteiger partial charge in [0.05, 0.1) is 5.60 Å². The fourth-order valence-electron chi connectivity index (χ4n) is 3.30. The highest BCUT2D eigenvalue weighted by molar-refractivity contribution is 5.48. The van der Waals surface area contributed by atoms with Gasteiger partial charge in [0.25, 0.3) is 0 Å². The highest BCUT2D eigenvalue weighted by Crippen LogP contribution is 2.50. The molecule has 3 N–H and O–H groups in total. The van der Waals surface area contributed by atoms with E-state index >= 15 is 0 Å². The maximum Gasteiger partial charge on any atom is 0.0934 e. The molecule has 92 valence electrons. The fourth-order valence-corrected chi connectivity index (χ4v) is 3.30. The van der Waals surface area contributed by atoms with Crippen molar-refractivity contribution in [3.8, 4) is 0 Å². The van der Waals surface area contributed by atoms with Crippen LogP contribution in [0.25, 0.3) is 0 Å². The summed E-state index contributed by atoms with van der Waals surface area (Å²) < 4.78 is 0. The molecule has 0 spiro atoms. The second kappa shape index (κ2) is 3.98. The summed E-state index contributed by atoms with van der Waals surface area (Å²) in [5.41, 5.74) is 6.76. The molecule has 2 aliphatic rings. The number of aromatic nitrogens is 1. The third-order valence-corrected chi connectivity index (χ3v) is 4.41. The Bertz CT molecular complexity index is 416. The van der Waals surface area contributed by atoms with Crippen molar-refractivity contribution in [1.82, 2.24) is 4.98 Å². The Morgan fingerprint density at radius 2 is 2.12 bits per heavy atom. The zero-order valence-corrected chi connectivity index (χ0v) is 10.1. The van der Waals surface area contributed by atoms with Gasteiger partial charge in [0.2, 0.25) is 0 Å². The molecule has 1 aromatic heterocycles. The predicted octanol–water partition coefficient (Wildman–Crippen LogP) is 2.45. The molecule has 0 radical (unpaired) electrons. The van der Waals surface area contributed by atoms with Gasteiger partial charge in [-0.05, 0) is 56.4 Å². The van der Waals surface area contributed by atoms with E-state index in [0.717, 1.165) is 30.7 Å². The van der Waals surface area contributed by atoms with E-state index < -0.39 is 5.60 Å². The molecule has 1 aromatic rings. The van der Waals surface area contributed by atoms with E-state index in [9.17, 15) is 5.11 Å². The van der Waals surface area contributed by atoms with Crippen LogP contribution in [-0.4, -0.2) is 10.1 Å². The number of hydrogen-bond acceptors (Lipinski definition) is 3. The van der Waals surface area contributed by atoms with Crippen LogP contribution < -0.4 is 5.73 Å². The van der Waals surface area contributed by atoms with Crippen LogP contribution in [-0.2, 0) is 5.60 Å². The Kier molecular flexibility index (Phi) is 2.58. The number of pyridine rings is 1. The largest absolute Gasteiger partial charge is 0.398 e. The number of hydrogen-bond donors (Lipinski definition) is 2. The lowest BCUT2D eigenvalue weighted by atomic mass is 9.73. The van der Waals surface area contributed by atoms with Crippen LogP contribution in [0.15, 0.2) is 18.5 Å². The lowest BCUT2D eigenvalue weighted by molar-refractivity contribution is -0.0247. The molecule has 0 amide bonds. The van der Waals surface area contributed by atoms with Gasteiger partial charge in [-0.2, -0.15) is 0 Å². The molecule has 0 aliphatic heterocycles. The van der Waals surface area contributed by atoms with Gasteiger partial charge in [0, 0.05) is 23.6 Å². The molecule has 3 nitrogen and oxygen atoms in total. The van der Waals surface area contributed by atoms with Crippen molar-refractivity contribution in [3.05, 3.63) is 24.0 Å². The third-order valence-electron chi connectivity index (χ3n) is 4.41. The quantitative estimate of drug-likeness (QED) is 0.823. The average molecular weight is 232 g/mol. The summed E-state index contributed by atoms with van der Waals surface area (Å²) in [4.78, 5) is 4.11. The van der Waals surface area contributed by atoms with Crippen molar-refractivity contribution in [2.45, 2.75) is 44.1 Å². The van der Waals surface area contributed by atoms with E-state index in [2.05, 4.69) is 4.98 Å². The summed E-state index contributed by atoms with van der Waals surface area (Å²) >= 11 is 0. The van der Waals surface area contributed by atoms with Gasteiger partial charge in [0.15, 0.2) is 0 Å². The molecule has 2 aliphatic carbocycles. The van der Waals surface area contributed by atoms with Gasteiger partial charge in [0.1, 0.15) is 0 Å². The standard InChI is InChI=1S/C14H20N2O/c15-13-5-7-16-9-12(13)14(17)6-1-2-11(8-14)10-3-4-10/h5,7,9-11,17H,1-4,6,8H2,(H2,15,16). The molecule has 3 heteroatoms. The Morgan fingerprint density at radius 3 is 2.82 bits per heavy atom. The molecule has 2 atom stereocenters. The first kappa shape index (κ1) is 11.0. The first-order valence-corrected chi connectivity index (χ1v) is 6.61. The van der Waals surface area contributed by atoms with E-state index in [1.807, 2.05) is 0 Å². The summed E-state index contributed by atoms with van der Waals surface area (Å²) in [5.74, 6) is 1.55. The van der Waals surface area contributed by atoms with Crippen LogP contribution in [0.1, 0.15) is 44.1 Å². The van der Waals surface area contributed by atoms with Crippen LogP contribution in [0.5, 0.6) is 0 Å². The Balaban J connectivity index is 1.86. The number of aliphatic hydroxyl groups is 1. The zero-order chi connectivity index (χ0) is 11.9. The minimum Gasteiger partial charge on any atom is -0.398 e. The van der Waals surface area contributed by atoms with Crippen LogP contribution in [0.3, 0.4) is 0 Å². The first-order valence-electron chi connectivity index (χ1n) is 6.61. The van der Waals surface area contributed by atoms with Gasteiger partial charge < -0.3 is 10.8 Å². The van der Waals surface area contributed by atoms with Gasteiger partial charge in [-0.25, -0.2) is 0 Å². The average Bonchev–Trinajstić information content (AvgIpc) is 3.13. The van der Waals surface area contributed by atoms with Gasteiger partial charge in [-0.15, -0.1) is 0 Å². The Morgan fingerprint density at radius 1 is 1.29 bits per heavy atom. The van der Waals surface area contributed by atoms with Crippen LogP contribution in [0.2, 0.25) is 0 Å². The second-order valence-electron chi connectivity index (χ2n) is 5.69. The van der Waals surface area contributed by atoms with Crippen LogP contribution in [0, 0.1) is 11.8 Å². The number of nitrogens with zero attached hydrogens (tertiary/aromatic N) is 1. The fraction of sp³-hybridized carbons (Fsp3) is 0.643. The minimum absolute atomic E-state index is 0.680. The third kappa shape index (κ3) is 2.04. The minimum atomic E-state index is -0.732. The maximum absolute atomic E-state index is 10.9. The predicted molar refractivity (Wildman–Crippen MR) is 67.2 cm³/mol. The highest BCUT2D eigenvalue weighted by Gasteiger charge is 2.42. The summed E-state index contributed by atoms with van der Waals surface area (Å²) in [6.07, 6.45) is 10.2. The molecule has 17 heavy (non-hydrogen) atoms. The molecule has 2 fully saturated rings. The number of nitrogen functional groups attached to an aromatic ring is 1. The number of nitrogens with two attached hydrogens (primary N) is 1. The molecular weight excluding hydrogens is 212 g/mol. The summed E-state index contributed by atoms with van der Waals surface area (Å²) in [7, 11) is 0. The van der Waals surface area contributed by atoms with Crippen molar-refractivity contribution >= 4 is 5.69 Å². The molecule has 2 saturated carbocycles. The van der Waals surface area contributed by atoms with E-state index in [1.165, 1.54) is 19.3 Å². The topological polar surface area (TPSA) is 59.1 Å². The lowest BCUT2D eigenvalue weighted by Gasteiger charge is -2.37. The van der Waals surface area contributed by atoms with E-state index in [-0.39, 0.29) is 0 Å². The van der Waals surface area contributed by atoms with Crippen molar-refractivity contribution in [3.63, 3.8) is 0 Å². The smallest absolute Gasteiger partial charge is 0.0934 e. The summed E-state index contributed by atoms with van der Waals surface area (Å²) in [6, 6.07) is 1.79.